The van der Waals surface area contributed by atoms with Crippen molar-refractivity contribution in [2.75, 3.05) is 20.8 Å². The van der Waals surface area contributed by atoms with Gasteiger partial charge >= 0.3 is 11.9 Å². The Labute approximate surface area is 116 Å². The van der Waals surface area contributed by atoms with Crippen LogP contribution < -0.4 is 14.2 Å². The van der Waals surface area contributed by atoms with E-state index in [9.17, 15) is 9.59 Å². The monoisotopic (exact) mass is 280 g/mol. The summed E-state index contributed by atoms with van der Waals surface area (Å²) in [5, 5.41) is 0. The number of benzene rings is 1. The maximum Gasteiger partial charge on any atom is 0.349 e. The van der Waals surface area contributed by atoms with Crippen molar-refractivity contribution in [2.45, 2.75) is 6.92 Å². The number of carbonyl (C=O) groups excluding carboxylic acids is 2. The van der Waals surface area contributed by atoms with Crippen LogP contribution in [0.5, 0.6) is 17.2 Å². The minimum absolute atomic E-state index is 0.208. The summed E-state index contributed by atoms with van der Waals surface area (Å²) in [4.78, 5) is 22.7. The van der Waals surface area contributed by atoms with Crippen molar-refractivity contribution in [2.24, 2.45) is 0 Å². The fourth-order valence-electron chi connectivity index (χ4n) is 1.26. The van der Waals surface area contributed by atoms with Gasteiger partial charge in [-0.25, -0.2) is 9.59 Å². The molecule has 0 saturated heterocycles. The van der Waals surface area contributed by atoms with Gasteiger partial charge in [-0.1, -0.05) is 6.58 Å². The molecule has 0 aliphatic heterocycles. The first-order valence-corrected chi connectivity index (χ1v) is 5.73. The van der Waals surface area contributed by atoms with Crippen LogP contribution in [0.2, 0.25) is 0 Å². The smallest absolute Gasteiger partial charge is 0.349 e. The van der Waals surface area contributed by atoms with Gasteiger partial charge < -0.3 is 18.9 Å². The summed E-state index contributed by atoms with van der Waals surface area (Å²) in [6.07, 6.45) is 0. The number of esters is 2. The topological polar surface area (TPSA) is 71.1 Å². The standard InChI is InChI=1S/C14H16O6/c1-9(2)14(16)19-8-13(15)20-11-6-5-10(17-3)7-12(11)18-4/h5-7H,1,8H2,2-4H3. The Hall–Kier alpha value is -2.50. The summed E-state index contributed by atoms with van der Waals surface area (Å²) < 4.78 is 19.8. The van der Waals surface area contributed by atoms with E-state index in [1.54, 1.807) is 12.1 Å². The van der Waals surface area contributed by atoms with Crippen LogP contribution >= 0.6 is 0 Å². The number of rotatable bonds is 6. The van der Waals surface area contributed by atoms with E-state index in [4.69, 9.17) is 14.2 Å². The molecule has 1 aromatic rings. The van der Waals surface area contributed by atoms with Crippen molar-refractivity contribution in [1.29, 1.82) is 0 Å². The second-order valence-corrected chi connectivity index (χ2v) is 3.85. The van der Waals surface area contributed by atoms with Crippen LogP contribution in [-0.2, 0) is 14.3 Å². The van der Waals surface area contributed by atoms with Crippen LogP contribution in [-0.4, -0.2) is 32.8 Å². The Morgan fingerprint density at radius 1 is 1.15 bits per heavy atom. The van der Waals surface area contributed by atoms with Crippen LogP contribution in [0, 0.1) is 0 Å². The largest absolute Gasteiger partial charge is 0.497 e. The van der Waals surface area contributed by atoms with E-state index >= 15 is 0 Å². The first-order chi connectivity index (χ1) is 9.47. The van der Waals surface area contributed by atoms with Crippen molar-refractivity contribution < 1.29 is 28.5 Å². The fourth-order valence-corrected chi connectivity index (χ4v) is 1.26. The van der Waals surface area contributed by atoms with Crippen molar-refractivity contribution in [1.82, 2.24) is 0 Å². The Kier molecular flexibility index (Phi) is 5.58. The third kappa shape index (κ3) is 4.31. The van der Waals surface area contributed by atoms with Crippen molar-refractivity contribution >= 4 is 11.9 Å². The second-order valence-electron chi connectivity index (χ2n) is 3.85. The zero-order valence-electron chi connectivity index (χ0n) is 11.6. The number of ether oxygens (including phenoxy) is 4. The maximum absolute atomic E-state index is 11.5. The molecule has 0 radical (unpaired) electrons. The highest BCUT2D eigenvalue weighted by molar-refractivity contribution is 5.88. The third-order valence-corrected chi connectivity index (χ3v) is 2.26. The van der Waals surface area contributed by atoms with Gasteiger partial charge in [-0.15, -0.1) is 0 Å². The molecule has 0 bridgehead atoms. The summed E-state index contributed by atoms with van der Waals surface area (Å²) in [6, 6.07) is 4.71. The van der Waals surface area contributed by atoms with Crippen LogP contribution in [0.3, 0.4) is 0 Å². The average molecular weight is 280 g/mol. The summed E-state index contributed by atoms with van der Waals surface area (Å²) in [6.45, 7) is 4.39. The molecule has 0 aliphatic carbocycles. The minimum Gasteiger partial charge on any atom is -0.497 e. The number of methoxy groups -OCH3 is 2. The Balaban J connectivity index is 2.66. The number of carbonyl (C=O) groups is 2. The predicted octanol–water partition coefficient (Wildman–Crippen LogP) is 1.73. The summed E-state index contributed by atoms with van der Waals surface area (Å²) in [5.41, 5.74) is 0.208. The van der Waals surface area contributed by atoms with E-state index < -0.39 is 18.5 Å². The molecule has 0 aromatic heterocycles. The van der Waals surface area contributed by atoms with Gasteiger partial charge in [0, 0.05) is 11.6 Å². The fraction of sp³-hybridized carbons (Fsp3) is 0.286. The Morgan fingerprint density at radius 2 is 1.85 bits per heavy atom. The lowest BCUT2D eigenvalue weighted by Crippen LogP contribution is -2.19. The molecule has 6 heteroatoms. The summed E-state index contributed by atoms with van der Waals surface area (Å²) >= 11 is 0. The lowest BCUT2D eigenvalue weighted by atomic mass is 10.3. The molecule has 0 unspecified atom stereocenters. The van der Waals surface area contributed by atoms with Crippen molar-refractivity contribution in [3.63, 3.8) is 0 Å². The normalized spacial score (nSPS) is 9.55. The van der Waals surface area contributed by atoms with Gasteiger partial charge in [0.2, 0.25) is 0 Å². The predicted molar refractivity (Wildman–Crippen MR) is 71.0 cm³/mol. The number of hydrogen-bond donors (Lipinski definition) is 0. The third-order valence-electron chi connectivity index (χ3n) is 2.26. The molecular formula is C14H16O6. The molecule has 0 spiro atoms. The van der Waals surface area contributed by atoms with Crippen LogP contribution in [0.25, 0.3) is 0 Å². The first-order valence-electron chi connectivity index (χ1n) is 5.73. The van der Waals surface area contributed by atoms with E-state index in [2.05, 4.69) is 11.3 Å². The lowest BCUT2D eigenvalue weighted by molar-refractivity contribution is -0.150. The highest BCUT2D eigenvalue weighted by Crippen LogP contribution is 2.31. The van der Waals surface area contributed by atoms with Gasteiger partial charge in [-0.2, -0.15) is 0 Å². The van der Waals surface area contributed by atoms with Gasteiger partial charge in [-0.05, 0) is 19.1 Å². The highest BCUT2D eigenvalue weighted by atomic mass is 16.6. The SMILES string of the molecule is C=C(C)C(=O)OCC(=O)Oc1ccc(OC)cc1OC. The molecular weight excluding hydrogens is 264 g/mol. The lowest BCUT2D eigenvalue weighted by Gasteiger charge is -2.10. The van der Waals surface area contributed by atoms with Gasteiger partial charge in [-0.3, -0.25) is 0 Å². The zero-order chi connectivity index (χ0) is 15.1. The van der Waals surface area contributed by atoms with E-state index in [0.717, 1.165) is 0 Å². The molecule has 0 fully saturated rings. The molecule has 1 rings (SSSR count). The average Bonchev–Trinajstić information content (AvgIpc) is 2.44. The van der Waals surface area contributed by atoms with Gasteiger partial charge in [0.05, 0.1) is 14.2 Å². The van der Waals surface area contributed by atoms with Crippen molar-refractivity contribution in [3.8, 4) is 17.2 Å². The van der Waals surface area contributed by atoms with E-state index in [-0.39, 0.29) is 11.3 Å². The molecule has 6 nitrogen and oxygen atoms in total. The first kappa shape index (κ1) is 15.6. The summed E-state index contributed by atoms with van der Waals surface area (Å²) in [5.74, 6) is -0.254. The Bertz CT molecular complexity index is 520. The molecule has 0 saturated carbocycles. The molecule has 0 N–H and O–H groups in total. The minimum atomic E-state index is -0.719. The van der Waals surface area contributed by atoms with E-state index in [1.165, 1.54) is 27.2 Å². The van der Waals surface area contributed by atoms with Gasteiger partial charge in [0.1, 0.15) is 5.75 Å². The molecule has 0 atom stereocenters. The highest BCUT2D eigenvalue weighted by Gasteiger charge is 2.13. The maximum atomic E-state index is 11.5. The molecule has 108 valence electrons. The quantitative estimate of drug-likeness (QED) is 0.449. The zero-order valence-corrected chi connectivity index (χ0v) is 11.6. The van der Waals surface area contributed by atoms with E-state index in [0.29, 0.717) is 11.5 Å². The molecule has 1 aromatic carbocycles. The van der Waals surface area contributed by atoms with Crippen LogP contribution in [0.4, 0.5) is 0 Å². The van der Waals surface area contributed by atoms with Crippen molar-refractivity contribution in [3.05, 3.63) is 30.4 Å². The molecule has 20 heavy (non-hydrogen) atoms. The van der Waals surface area contributed by atoms with Crippen LogP contribution in [0.15, 0.2) is 30.4 Å². The summed E-state index contributed by atoms with van der Waals surface area (Å²) in [7, 11) is 2.95. The van der Waals surface area contributed by atoms with Gasteiger partial charge in [0.25, 0.3) is 0 Å². The van der Waals surface area contributed by atoms with Gasteiger partial charge in [0.15, 0.2) is 18.1 Å². The molecule has 0 amide bonds. The van der Waals surface area contributed by atoms with Crippen LogP contribution in [0.1, 0.15) is 6.92 Å². The second kappa shape index (κ2) is 7.18. The molecule has 0 aliphatic rings. The Morgan fingerprint density at radius 3 is 2.40 bits per heavy atom. The number of hydrogen-bond acceptors (Lipinski definition) is 6. The van der Waals surface area contributed by atoms with E-state index in [1.807, 2.05) is 0 Å². The molecule has 0 heterocycles.